The lowest BCUT2D eigenvalue weighted by atomic mass is 10.1. The summed E-state index contributed by atoms with van der Waals surface area (Å²) >= 11 is 0. The number of hydrogen-bond donors (Lipinski definition) is 1. The van der Waals surface area contributed by atoms with Crippen molar-refractivity contribution in [2.24, 2.45) is 0 Å². The highest BCUT2D eigenvalue weighted by molar-refractivity contribution is 5.76. The van der Waals surface area contributed by atoms with Crippen LogP contribution in [0, 0.1) is 0 Å². The van der Waals surface area contributed by atoms with E-state index >= 15 is 0 Å². The normalized spacial score (nSPS) is 22.8. The summed E-state index contributed by atoms with van der Waals surface area (Å²) in [6.07, 6.45) is 3.98. The highest BCUT2D eigenvalue weighted by Crippen LogP contribution is 2.17. The lowest BCUT2D eigenvalue weighted by molar-refractivity contribution is -0.122. The van der Waals surface area contributed by atoms with E-state index in [0.29, 0.717) is 12.5 Å². The molecule has 5 nitrogen and oxygen atoms in total. The van der Waals surface area contributed by atoms with Crippen molar-refractivity contribution < 1.29 is 9.53 Å². The van der Waals surface area contributed by atoms with Crippen LogP contribution in [0.3, 0.4) is 0 Å². The minimum absolute atomic E-state index is 0.158. The van der Waals surface area contributed by atoms with Crippen LogP contribution in [0.15, 0.2) is 30.3 Å². The predicted molar refractivity (Wildman–Crippen MR) is 101 cm³/mol. The molecule has 2 heterocycles. The molecule has 0 aromatic heterocycles. The number of carbonyl (C=O) groups excluding carboxylic acids is 1. The molecule has 3 rings (SSSR count). The third-order valence-electron chi connectivity index (χ3n) is 5.15. The molecule has 5 heteroatoms. The monoisotopic (exact) mass is 345 g/mol. The highest BCUT2D eigenvalue weighted by Gasteiger charge is 2.20. The van der Waals surface area contributed by atoms with Gasteiger partial charge >= 0.3 is 0 Å². The number of ether oxygens (including phenoxy) is 1. The van der Waals surface area contributed by atoms with Gasteiger partial charge in [-0.3, -0.25) is 9.69 Å². The van der Waals surface area contributed by atoms with Gasteiger partial charge in [0.05, 0.1) is 6.10 Å². The standard InChI is InChI=1S/C20H31N3O2/c1-17(21-20(24)10-9-19-8-5-15-25-19)16-22-11-13-23(14-12-22)18-6-3-2-4-7-18/h2-4,6-7,17,19H,5,8-16H2,1H3,(H,21,24)/t17-,19-/m1/s1. The molecule has 2 aliphatic rings. The Labute approximate surface area is 151 Å². The second-order valence-electron chi connectivity index (χ2n) is 7.27. The summed E-state index contributed by atoms with van der Waals surface area (Å²) in [6, 6.07) is 10.8. The van der Waals surface area contributed by atoms with Crippen LogP contribution in [0.2, 0.25) is 0 Å². The average Bonchev–Trinajstić information content (AvgIpc) is 3.15. The molecule has 138 valence electrons. The maximum atomic E-state index is 12.1. The number of benzene rings is 1. The minimum atomic E-state index is 0.158. The van der Waals surface area contributed by atoms with Crippen LogP contribution in [0.5, 0.6) is 0 Å². The Hall–Kier alpha value is -1.59. The molecule has 2 saturated heterocycles. The fourth-order valence-corrected chi connectivity index (χ4v) is 3.77. The van der Waals surface area contributed by atoms with Gasteiger partial charge in [-0.1, -0.05) is 18.2 Å². The molecule has 0 bridgehead atoms. The first-order chi connectivity index (χ1) is 12.2. The van der Waals surface area contributed by atoms with E-state index < -0.39 is 0 Å². The Balaban J connectivity index is 1.33. The molecule has 2 atom stereocenters. The summed E-state index contributed by atoms with van der Waals surface area (Å²) < 4.78 is 5.58. The van der Waals surface area contributed by atoms with Gasteiger partial charge in [-0.25, -0.2) is 0 Å². The van der Waals surface area contributed by atoms with Gasteiger partial charge in [0.15, 0.2) is 0 Å². The number of nitrogens with one attached hydrogen (secondary N) is 1. The van der Waals surface area contributed by atoms with Crippen molar-refractivity contribution in [2.75, 3.05) is 44.2 Å². The predicted octanol–water partition coefficient (Wildman–Crippen LogP) is 2.27. The number of anilines is 1. The molecule has 0 radical (unpaired) electrons. The number of hydrogen-bond acceptors (Lipinski definition) is 4. The summed E-state index contributed by atoms with van der Waals surface area (Å²) in [6.45, 7) is 8.07. The van der Waals surface area contributed by atoms with Crippen molar-refractivity contribution >= 4 is 11.6 Å². The van der Waals surface area contributed by atoms with Crippen molar-refractivity contribution in [3.05, 3.63) is 30.3 Å². The molecule has 0 spiro atoms. The van der Waals surface area contributed by atoms with Crippen molar-refractivity contribution in [3.8, 4) is 0 Å². The minimum Gasteiger partial charge on any atom is -0.378 e. The molecule has 1 aromatic carbocycles. The summed E-state index contributed by atoms with van der Waals surface area (Å²) in [5.41, 5.74) is 1.30. The van der Waals surface area contributed by atoms with Crippen molar-refractivity contribution in [1.82, 2.24) is 10.2 Å². The molecular formula is C20H31N3O2. The van der Waals surface area contributed by atoms with Gasteiger partial charge in [0.25, 0.3) is 0 Å². The molecule has 1 amide bonds. The largest absolute Gasteiger partial charge is 0.378 e. The van der Waals surface area contributed by atoms with Crippen molar-refractivity contribution in [2.45, 2.75) is 44.8 Å². The lowest BCUT2D eigenvalue weighted by Gasteiger charge is -2.37. The van der Waals surface area contributed by atoms with E-state index in [0.717, 1.165) is 58.6 Å². The van der Waals surface area contributed by atoms with Gasteiger partial charge in [0.2, 0.25) is 5.91 Å². The van der Waals surface area contributed by atoms with Gasteiger partial charge < -0.3 is 15.0 Å². The second kappa shape index (κ2) is 9.20. The molecule has 1 N–H and O–H groups in total. The zero-order valence-corrected chi connectivity index (χ0v) is 15.3. The number of piperazine rings is 1. The lowest BCUT2D eigenvalue weighted by Crippen LogP contribution is -2.50. The third kappa shape index (κ3) is 5.72. The van der Waals surface area contributed by atoms with Gasteiger partial charge in [0, 0.05) is 57.5 Å². The van der Waals surface area contributed by atoms with Crippen LogP contribution in [0.25, 0.3) is 0 Å². The average molecular weight is 345 g/mol. The van der Waals surface area contributed by atoms with Crippen LogP contribution in [-0.4, -0.2) is 62.3 Å². The van der Waals surface area contributed by atoms with E-state index in [-0.39, 0.29) is 11.9 Å². The van der Waals surface area contributed by atoms with E-state index in [1.165, 1.54) is 5.69 Å². The fourth-order valence-electron chi connectivity index (χ4n) is 3.77. The number of rotatable bonds is 7. The maximum absolute atomic E-state index is 12.1. The Kier molecular flexibility index (Phi) is 6.70. The molecule has 0 unspecified atom stereocenters. The smallest absolute Gasteiger partial charge is 0.220 e. The Bertz CT molecular complexity index is 523. The molecule has 2 aliphatic heterocycles. The van der Waals surface area contributed by atoms with E-state index in [1.807, 2.05) is 0 Å². The fraction of sp³-hybridized carbons (Fsp3) is 0.650. The van der Waals surface area contributed by atoms with Crippen LogP contribution >= 0.6 is 0 Å². The van der Waals surface area contributed by atoms with Crippen molar-refractivity contribution in [3.63, 3.8) is 0 Å². The zero-order chi connectivity index (χ0) is 17.5. The SMILES string of the molecule is C[C@H](CN1CCN(c2ccccc2)CC1)NC(=O)CC[C@H]1CCCO1. The number of nitrogens with zero attached hydrogens (tertiary/aromatic N) is 2. The Morgan fingerprint density at radius 1 is 1.24 bits per heavy atom. The summed E-state index contributed by atoms with van der Waals surface area (Å²) in [7, 11) is 0. The number of para-hydroxylation sites is 1. The summed E-state index contributed by atoms with van der Waals surface area (Å²) in [5, 5.41) is 3.14. The molecule has 2 fully saturated rings. The first-order valence-electron chi connectivity index (χ1n) is 9.64. The van der Waals surface area contributed by atoms with Gasteiger partial charge in [-0.15, -0.1) is 0 Å². The summed E-state index contributed by atoms with van der Waals surface area (Å²) in [5.74, 6) is 0.158. The van der Waals surface area contributed by atoms with Gasteiger partial charge in [0.1, 0.15) is 0 Å². The quantitative estimate of drug-likeness (QED) is 0.823. The van der Waals surface area contributed by atoms with Crippen LogP contribution in [0.4, 0.5) is 5.69 Å². The van der Waals surface area contributed by atoms with Crippen LogP contribution in [0.1, 0.15) is 32.6 Å². The number of amides is 1. The maximum Gasteiger partial charge on any atom is 0.220 e. The summed E-state index contributed by atoms with van der Waals surface area (Å²) in [4.78, 5) is 17.0. The highest BCUT2D eigenvalue weighted by atomic mass is 16.5. The van der Waals surface area contributed by atoms with Crippen LogP contribution in [-0.2, 0) is 9.53 Å². The molecular weight excluding hydrogens is 314 g/mol. The van der Waals surface area contributed by atoms with E-state index in [4.69, 9.17) is 4.74 Å². The van der Waals surface area contributed by atoms with Crippen molar-refractivity contribution in [1.29, 1.82) is 0 Å². The van der Waals surface area contributed by atoms with E-state index in [9.17, 15) is 4.79 Å². The number of carbonyl (C=O) groups is 1. The molecule has 0 saturated carbocycles. The Morgan fingerprint density at radius 3 is 2.68 bits per heavy atom. The first-order valence-corrected chi connectivity index (χ1v) is 9.64. The topological polar surface area (TPSA) is 44.8 Å². The van der Waals surface area contributed by atoms with Gasteiger partial charge in [-0.2, -0.15) is 0 Å². The first kappa shape index (κ1) is 18.2. The third-order valence-corrected chi connectivity index (χ3v) is 5.15. The van der Waals surface area contributed by atoms with Crippen LogP contribution < -0.4 is 10.2 Å². The zero-order valence-electron chi connectivity index (χ0n) is 15.3. The molecule has 0 aliphatic carbocycles. The van der Waals surface area contributed by atoms with Gasteiger partial charge in [-0.05, 0) is 38.3 Å². The molecule has 25 heavy (non-hydrogen) atoms. The Morgan fingerprint density at radius 2 is 2.00 bits per heavy atom. The second-order valence-corrected chi connectivity index (χ2v) is 7.27. The molecule has 1 aromatic rings. The van der Waals surface area contributed by atoms with E-state index in [1.54, 1.807) is 0 Å². The van der Waals surface area contributed by atoms with E-state index in [2.05, 4.69) is 52.4 Å².